The molecular weight excluding hydrogens is 286 g/mol. The second-order valence-electron chi connectivity index (χ2n) is 3.97. The van der Waals surface area contributed by atoms with Crippen molar-refractivity contribution < 1.29 is 4.79 Å². The minimum absolute atomic E-state index is 0.173. The number of thiophene rings is 1. The van der Waals surface area contributed by atoms with Crippen molar-refractivity contribution in [1.29, 1.82) is 0 Å². The van der Waals surface area contributed by atoms with Gasteiger partial charge >= 0.3 is 0 Å². The lowest BCUT2D eigenvalue weighted by molar-refractivity contribution is -0.134. The Morgan fingerprint density at radius 1 is 1.50 bits per heavy atom. The van der Waals surface area contributed by atoms with Gasteiger partial charge in [0.25, 0.3) is 0 Å². The Kier molecular flexibility index (Phi) is 5.49. The molecule has 0 fully saturated rings. The van der Waals surface area contributed by atoms with E-state index in [2.05, 4.69) is 41.2 Å². The highest BCUT2D eigenvalue weighted by Gasteiger charge is 2.18. The summed E-state index contributed by atoms with van der Waals surface area (Å²) in [4.78, 5) is 13.9. The van der Waals surface area contributed by atoms with Gasteiger partial charge in [0.2, 0.25) is 5.91 Å². The highest BCUT2D eigenvalue weighted by Crippen LogP contribution is 2.22. The largest absolute Gasteiger partial charge is 0.341 e. The third-order valence-corrected chi connectivity index (χ3v) is 4.31. The van der Waals surface area contributed by atoms with Crippen LogP contribution in [0, 0.1) is 5.92 Å². The van der Waals surface area contributed by atoms with Crippen molar-refractivity contribution in [2.24, 2.45) is 5.92 Å². The first-order chi connectivity index (χ1) is 7.58. The number of hydrogen-bond acceptors (Lipinski definition) is 2. The predicted molar refractivity (Wildman–Crippen MR) is 72.6 cm³/mol. The van der Waals surface area contributed by atoms with Crippen LogP contribution in [0.15, 0.2) is 15.2 Å². The zero-order valence-corrected chi connectivity index (χ0v) is 12.4. The van der Waals surface area contributed by atoms with E-state index in [1.54, 1.807) is 11.3 Å². The minimum Gasteiger partial charge on any atom is -0.341 e. The molecule has 0 aromatic carbocycles. The van der Waals surface area contributed by atoms with Crippen molar-refractivity contribution in [3.8, 4) is 0 Å². The molecule has 0 radical (unpaired) electrons. The van der Waals surface area contributed by atoms with Gasteiger partial charge in [-0.2, -0.15) is 0 Å². The molecule has 0 unspecified atom stereocenters. The summed E-state index contributed by atoms with van der Waals surface area (Å²) in [7, 11) is 1.88. The first kappa shape index (κ1) is 13.7. The Labute approximate surface area is 110 Å². The number of nitrogens with zero attached hydrogens (tertiary/aromatic N) is 1. The fourth-order valence-electron chi connectivity index (χ4n) is 1.73. The van der Waals surface area contributed by atoms with Gasteiger partial charge in [0.05, 0.1) is 3.79 Å². The first-order valence-electron chi connectivity index (χ1n) is 5.56. The first-order valence-corrected chi connectivity index (χ1v) is 7.23. The summed E-state index contributed by atoms with van der Waals surface area (Å²) >= 11 is 5.09. The average molecular weight is 304 g/mol. The molecule has 0 saturated carbocycles. The maximum absolute atomic E-state index is 12.0. The van der Waals surface area contributed by atoms with Crippen LogP contribution in [0.25, 0.3) is 0 Å². The zero-order valence-electron chi connectivity index (χ0n) is 10.00. The number of hydrogen-bond donors (Lipinski definition) is 0. The number of carbonyl (C=O) groups is 1. The van der Waals surface area contributed by atoms with Gasteiger partial charge in [-0.1, -0.05) is 13.8 Å². The van der Waals surface area contributed by atoms with E-state index in [1.807, 2.05) is 11.9 Å². The van der Waals surface area contributed by atoms with Gasteiger partial charge in [-0.15, -0.1) is 11.3 Å². The minimum atomic E-state index is 0.173. The standard InChI is InChI=1S/C12H18BrNOS/c1-4-10(5-2)12(15)14(3)7-9-6-11(13)16-8-9/h6,8,10H,4-5,7H2,1-3H3. The van der Waals surface area contributed by atoms with Gasteiger partial charge in [0.15, 0.2) is 0 Å². The van der Waals surface area contributed by atoms with Crippen LogP contribution < -0.4 is 0 Å². The third-order valence-electron chi connectivity index (χ3n) is 2.75. The number of amides is 1. The second kappa shape index (κ2) is 6.40. The van der Waals surface area contributed by atoms with Gasteiger partial charge in [0, 0.05) is 19.5 Å². The molecule has 2 nitrogen and oxygen atoms in total. The van der Waals surface area contributed by atoms with Crippen LogP contribution >= 0.6 is 27.3 Å². The second-order valence-corrected chi connectivity index (χ2v) is 6.26. The summed E-state index contributed by atoms with van der Waals surface area (Å²) in [6.45, 7) is 4.85. The lowest BCUT2D eigenvalue weighted by Crippen LogP contribution is -2.31. The van der Waals surface area contributed by atoms with Crippen molar-refractivity contribution in [2.75, 3.05) is 7.05 Å². The fourth-order valence-corrected chi connectivity index (χ4v) is 2.93. The molecule has 16 heavy (non-hydrogen) atoms. The Hall–Kier alpha value is -0.350. The summed E-state index contributed by atoms with van der Waals surface area (Å²) in [6, 6.07) is 2.07. The Morgan fingerprint density at radius 3 is 2.56 bits per heavy atom. The molecule has 4 heteroatoms. The van der Waals surface area contributed by atoms with Crippen LogP contribution in [0.5, 0.6) is 0 Å². The normalized spacial score (nSPS) is 10.8. The molecule has 1 amide bonds. The topological polar surface area (TPSA) is 20.3 Å². The fraction of sp³-hybridized carbons (Fsp3) is 0.583. The Bertz CT molecular complexity index is 347. The summed E-state index contributed by atoms with van der Waals surface area (Å²) in [5.74, 6) is 0.430. The van der Waals surface area contributed by atoms with Crippen molar-refractivity contribution >= 4 is 33.2 Å². The molecule has 1 aromatic heterocycles. The van der Waals surface area contributed by atoms with E-state index in [4.69, 9.17) is 0 Å². The van der Waals surface area contributed by atoms with E-state index >= 15 is 0 Å². The highest BCUT2D eigenvalue weighted by atomic mass is 79.9. The van der Waals surface area contributed by atoms with Crippen LogP contribution in [-0.2, 0) is 11.3 Å². The SMILES string of the molecule is CCC(CC)C(=O)N(C)Cc1csc(Br)c1. The smallest absolute Gasteiger partial charge is 0.225 e. The van der Waals surface area contributed by atoms with Crippen LogP contribution in [0.2, 0.25) is 0 Å². The maximum Gasteiger partial charge on any atom is 0.225 e. The summed E-state index contributed by atoms with van der Waals surface area (Å²) in [5, 5.41) is 2.08. The molecule has 0 aliphatic heterocycles. The molecular formula is C12H18BrNOS. The quantitative estimate of drug-likeness (QED) is 0.808. The molecule has 0 aliphatic carbocycles. The summed E-state index contributed by atoms with van der Waals surface area (Å²) in [5.41, 5.74) is 1.19. The summed E-state index contributed by atoms with van der Waals surface area (Å²) < 4.78 is 1.12. The van der Waals surface area contributed by atoms with Crippen LogP contribution in [-0.4, -0.2) is 17.9 Å². The number of rotatable bonds is 5. The van der Waals surface area contributed by atoms with E-state index in [9.17, 15) is 4.79 Å². The van der Waals surface area contributed by atoms with Crippen molar-refractivity contribution in [2.45, 2.75) is 33.2 Å². The highest BCUT2D eigenvalue weighted by molar-refractivity contribution is 9.11. The van der Waals surface area contributed by atoms with Gasteiger partial charge < -0.3 is 4.90 Å². The summed E-state index contributed by atoms with van der Waals surface area (Å²) in [6.07, 6.45) is 1.85. The van der Waals surface area contributed by atoms with E-state index in [0.29, 0.717) is 6.54 Å². The van der Waals surface area contributed by atoms with Gasteiger partial charge in [-0.25, -0.2) is 0 Å². The number of carbonyl (C=O) groups excluding carboxylic acids is 1. The van der Waals surface area contributed by atoms with Crippen LogP contribution in [0.3, 0.4) is 0 Å². The zero-order chi connectivity index (χ0) is 12.1. The van der Waals surface area contributed by atoms with Gasteiger partial charge in [-0.3, -0.25) is 4.79 Å². The lowest BCUT2D eigenvalue weighted by atomic mass is 10.0. The molecule has 0 atom stereocenters. The van der Waals surface area contributed by atoms with E-state index in [0.717, 1.165) is 16.6 Å². The molecule has 0 bridgehead atoms. The van der Waals surface area contributed by atoms with Crippen LogP contribution in [0.4, 0.5) is 0 Å². The van der Waals surface area contributed by atoms with Crippen LogP contribution in [0.1, 0.15) is 32.3 Å². The molecule has 0 N–H and O–H groups in total. The van der Waals surface area contributed by atoms with E-state index in [1.165, 1.54) is 5.56 Å². The predicted octanol–water partition coefficient (Wildman–Crippen LogP) is 3.91. The van der Waals surface area contributed by atoms with E-state index in [-0.39, 0.29) is 11.8 Å². The number of halogens is 1. The molecule has 1 rings (SSSR count). The molecule has 0 aliphatic rings. The monoisotopic (exact) mass is 303 g/mol. The van der Waals surface area contributed by atoms with Crippen molar-refractivity contribution in [1.82, 2.24) is 4.90 Å². The molecule has 0 saturated heterocycles. The van der Waals surface area contributed by atoms with Crippen molar-refractivity contribution in [3.63, 3.8) is 0 Å². The maximum atomic E-state index is 12.0. The van der Waals surface area contributed by atoms with Gasteiger partial charge in [-0.05, 0) is 45.8 Å². The molecule has 0 spiro atoms. The van der Waals surface area contributed by atoms with Gasteiger partial charge in [0.1, 0.15) is 0 Å². The lowest BCUT2D eigenvalue weighted by Gasteiger charge is -2.21. The molecule has 1 aromatic rings. The van der Waals surface area contributed by atoms with Crippen molar-refractivity contribution in [3.05, 3.63) is 20.8 Å². The Balaban J connectivity index is 2.57. The average Bonchev–Trinajstić information content (AvgIpc) is 2.65. The van der Waals surface area contributed by atoms with E-state index < -0.39 is 0 Å². The molecule has 90 valence electrons. The Morgan fingerprint density at radius 2 is 2.12 bits per heavy atom. The molecule has 1 heterocycles. The third kappa shape index (κ3) is 3.59.